The molecule has 2 heterocycles. The average molecular weight is 373 g/mol. The Bertz CT molecular complexity index is 547. The monoisotopic (exact) mass is 372 g/mol. The molecule has 2 saturated heterocycles. The topological polar surface area (TPSA) is 43.8 Å². The maximum absolute atomic E-state index is 12.6. The van der Waals surface area contributed by atoms with Crippen molar-refractivity contribution in [3.05, 3.63) is 35.9 Å². The second kappa shape index (κ2) is 10.8. The number of aliphatic hydroxyl groups excluding tert-OH is 1. The van der Waals surface area contributed by atoms with Gasteiger partial charge in [0.05, 0.1) is 0 Å². The van der Waals surface area contributed by atoms with Crippen LogP contribution in [0.15, 0.2) is 30.3 Å². The zero-order chi connectivity index (χ0) is 18.9. The maximum Gasteiger partial charge on any atom is 0.222 e. The summed E-state index contributed by atoms with van der Waals surface area (Å²) in [5, 5.41) is 8.94. The van der Waals surface area contributed by atoms with Gasteiger partial charge in [-0.05, 0) is 75.4 Å². The van der Waals surface area contributed by atoms with Crippen molar-refractivity contribution in [3.8, 4) is 0 Å². The SMILES string of the molecule is O=C(CCC1CCN(CCCO)CC1)N1CCC(Cc2ccccc2)CC1. The van der Waals surface area contributed by atoms with E-state index in [-0.39, 0.29) is 6.61 Å². The number of likely N-dealkylation sites (tertiary alicyclic amines) is 2. The van der Waals surface area contributed by atoms with Crippen LogP contribution in [0.25, 0.3) is 0 Å². The summed E-state index contributed by atoms with van der Waals surface area (Å²) in [7, 11) is 0. The average Bonchev–Trinajstić information content (AvgIpc) is 2.72. The Morgan fingerprint density at radius 3 is 2.30 bits per heavy atom. The third kappa shape index (κ3) is 6.62. The van der Waals surface area contributed by atoms with Gasteiger partial charge in [-0.3, -0.25) is 4.79 Å². The van der Waals surface area contributed by atoms with Crippen molar-refractivity contribution >= 4 is 5.91 Å². The first-order valence-corrected chi connectivity index (χ1v) is 10.9. The lowest BCUT2D eigenvalue weighted by Gasteiger charge is -2.34. The number of nitrogens with zero attached hydrogens (tertiary/aromatic N) is 2. The summed E-state index contributed by atoms with van der Waals surface area (Å²) < 4.78 is 0. The van der Waals surface area contributed by atoms with Crippen LogP contribution in [0.4, 0.5) is 0 Å². The van der Waals surface area contributed by atoms with Crippen LogP contribution in [-0.2, 0) is 11.2 Å². The minimum absolute atomic E-state index is 0.288. The molecule has 2 fully saturated rings. The second-order valence-electron chi connectivity index (χ2n) is 8.41. The van der Waals surface area contributed by atoms with E-state index in [1.54, 1.807) is 0 Å². The van der Waals surface area contributed by atoms with E-state index >= 15 is 0 Å². The number of amides is 1. The van der Waals surface area contributed by atoms with Crippen LogP contribution in [0.3, 0.4) is 0 Å². The largest absolute Gasteiger partial charge is 0.396 e. The second-order valence-corrected chi connectivity index (χ2v) is 8.41. The number of hydrogen-bond acceptors (Lipinski definition) is 3. The summed E-state index contributed by atoms with van der Waals surface area (Å²) in [5.74, 6) is 1.80. The summed E-state index contributed by atoms with van der Waals surface area (Å²) in [4.78, 5) is 17.2. The van der Waals surface area contributed by atoms with Crippen LogP contribution < -0.4 is 0 Å². The number of aliphatic hydroxyl groups is 1. The van der Waals surface area contributed by atoms with E-state index in [0.29, 0.717) is 11.8 Å². The number of piperidine rings is 2. The first-order valence-electron chi connectivity index (χ1n) is 10.9. The van der Waals surface area contributed by atoms with E-state index in [4.69, 9.17) is 5.11 Å². The highest BCUT2D eigenvalue weighted by atomic mass is 16.3. The molecule has 1 N–H and O–H groups in total. The van der Waals surface area contributed by atoms with Crippen LogP contribution in [0, 0.1) is 11.8 Å². The highest BCUT2D eigenvalue weighted by molar-refractivity contribution is 5.76. The molecule has 0 atom stereocenters. The zero-order valence-electron chi connectivity index (χ0n) is 16.7. The number of hydrogen-bond donors (Lipinski definition) is 1. The van der Waals surface area contributed by atoms with Crippen LogP contribution in [-0.4, -0.2) is 60.1 Å². The molecule has 0 saturated carbocycles. The Hall–Kier alpha value is -1.39. The van der Waals surface area contributed by atoms with E-state index < -0.39 is 0 Å². The molecule has 1 aromatic carbocycles. The van der Waals surface area contributed by atoms with E-state index in [9.17, 15) is 4.79 Å². The van der Waals surface area contributed by atoms with Crippen molar-refractivity contribution in [3.63, 3.8) is 0 Å². The first kappa shape index (κ1) is 20.3. The predicted molar refractivity (Wildman–Crippen MR) is 110 cm³/mol. The molecule has 1 aromatic rings. The van der Waals surface area contributed by atoms with Gasteiger partial charge in [0.25, 0.3) is 0 Å². The smallest absolute Gasteiger partial charge is 0.222 e. The maximum atomic E-state index is 12.6. The Balaban J connectivity index is 1.31. The number of carbonyl (C=O) groups is 1. The van der Waals surface area contributed by atoms with Crippen molar-refractivity contribution in [2.75, 3.05) is 39.3 Å². The third-order valence-corrected chi connectivity index (χ3v) is 6.44. The molecule has 150 valence electrons. The van der Waals surface area contributed by atoms with E-state index in [2.05, 4.69) is 40.1 Å². The predicted octanol–water partition coefficient (Wildman–Crippen LogP) is 3.34. The quantitative estimate of drug-likeness (QED) is 0.761. The molecule has 1 amide bonds. The van der Waals surface area contributed by atoms with Crippen molar-refractivity contribution in [1.29, 1.82) is 0 Å². The van der Waals surface area contributed by atoms with Gasteiger partial charge in [0.1, 0.15) is 0 Å². The molecular formula is C23H36N2O2. The molecule has 2 aliphatic rings. The fourth-order valence-electron chi connectivity index (χ4n) is 4.61. The van der Waals surface area contributed by atoms with Gasteiger partial charge in [-0.15, -0.1) is 0 Å². The molecule has 2 aliphatic heterocycles. The molecule has 0 aromatic heterocycles. The molecule has 0 bridgehead atoms. The van der Waals surface area contributed by atoms with Crippen LogP contribution >= 0.6 is 0 Å². The van der Waals surface area contributed by atoms with Crippen molar-refractivity contribution < 1.29 is 9.90 Å². The molecule has 0 radical (unpaired) electrons. The zero-order valence-corrected chi connectivity index (χ0v) is 16.7. The Kier molecular flexibility index (Phi) is 8.15. The van der Waals surface area contributed by atoms with Crippen LogP contribution in [0.5, 0.6) is 0 Å². The Labute approximate surface area is 164 Å². The van der Waals surface area contributed by atoms with E-state index in [1.807, 2.05) is 0 Å². The van der Waals surface area contributed by atoms with Crippen molar-refractivity contribution in [1.82, 2.24) is 9.80 Å². The van der Waals surface area contributed by atoms with Gasteiger partial charge < -0.3 is 14.9 Å². The minimum Gasteiger partial charge on any atom is -0.396 e. The first-order chi connectivity index (χ1) is 13.2. The number of benzene rings is 1. The standard InChI is InChI=1S/C23H36N2O2/c26-18-4-13-24-14-9-20(10-15-24)7-8-23(27)25-16-11-22(12-17-25)19-21-5-2-1-3-6-21/h1-3,5-6,20,22,26H,4,7-19H2. The van der Waals surface area contributed by atoms with Gasteiger partial charge in [-0.25, -0.2) is 0 Å². The van der Waals surface area contributed by atoms with Crippen molar-refractivity contribution in [2.24, 2.45) is 11.8 Å². The minimum atomic E-state index is 0.288. The highest BCUT2D eigenvalue weighted by Gasteiger charge is 2.24. The Morgan fingerprint density at radius 2 is 1.63 bits per heavy atom. The molecule has 4 nitrogen and oxygen atoms in total. The van der Waals surface area contributed by atoms with E-state index in [1.165, 1.54) is 18.4 Å². The van der Waals surface area contributed by atoms with Gasteiger partial charge in [0.15, 0.2) is 0 Å². The highest BCUT2D eigenvalue weighted by Crippen LogP contribution is 2.25. The molecule has 3 rings (SSSR count). The molecule has 27 heavy (non-hydrogen) atoms. The van der Waals surface area contributed by atoms with Gasteiger partial charge >= 0.3 is 0 Å². The van der Waals surface area contributed by atoms with Crippen LogP contribution in [0.2, 0.25) is 0 Å². The molecular weight excluding hydrogens is 336 g/mol. The lowest BCUT2D eigenvalue weighted by molar-refractivity contribution is -0.133. The number of carbonyl (C=O) groups excluding carboxylic acids is 1. The van der Waals surface area contributed by atoms with Crippen LogP contribution in [0.1, 0.15) is 50.5 Å². The molecule has 0 spiro atoms. The fourth-order valence-corrected chi connectivity index (χ4v) is 4.61. The number of rotatable bonds is 8. The molecule has 0 aliphatic carbocycles. The summed E-state index contributed by atoms with van der Waals surface area (Å²) in [6.45, 7) is 5.44. The van der Waals surface area contributed by atoms with Gasteiger partial charge in [-0.2, -0.15) is 0 Å². The van der Waals surface area contributed by atoms with Gasteiger partial charge in [0.2, 0.25) is 5.91 Å². The summed E-state index contributed by atoms with van der Waals surface area (Å²) >= 11 is 0. The van der Waals surface area contributed by atoms with Gasteiger partial charge in [0, 0.05) is 32.7 Å². The van der Waals surface area contributed by atoms with Gasteiger partial charge in [-0.1, -0.05) is 30.3 Å². The summed E-state index contributed by atoms with van der Waals surface area (Å²) in [6, 6.07) is 10.7. The van der Waals surface area contributed by atoms with E-state index in [0.717, 1.165) is 77.2 Å². The molecule has 0 unspecified atom stereocenters. The lowest BCUT2D eigenvalue weighted by Crippen LogP contribution is -2.39. The third-order valence-electron chi connectivity index (χ3n) is 6.44. The normalized spacial score (nSPS) is 20.1. The molecule has 4 heteroatoms. The fraction of sp³-hybridized carbons (Fsp3) is 0.696. The summed E-state index contributed by atoms with van der Waals surface area (Å²) in [6.07, 6.45) is 8.51. The Morgan fingerprint density at radius 1 is 0.963 bits per heavy atom. The summed E-state index contributed by atoms with van der Waals surface area (Å²) in [5.41, 5.74) is 1.42. The van der Waals surface area contributed by atoms with Crippen molar-refractivity contribution in [2.45, 2.75) is 51.4 Å². The lowest BCUT2D eigenvalue weighted by atomic mass is 9.89.